The Bertz CT molecular complexity index is 521. The van der Waals surface area contributed by atoms with Crippen LogP contribution in [0.1, 0.15) is 20.8 Å². The van der Waals surface area contributed by atoms with Crippen molar-refractivity contribution in [3.63, 3.8) is 0 Å². The molecule has 0 radical (unpaired) electrons. The van der Waals surface area contributed by atoms with Gasteiger partial charge in [-0.3, -0.25) is 19.3 Å². The maximum Gasteiger partial charge on any atom is 0.189 e. The highest BCUT2D eigenvalue weighted by atomic mass is 16.6. The third-order valence-electron chi connectivity index (χ3n) is 4.31. The van der Waals surface area contributed by atoms with Gasteiger partial charge in [0.15, 0.2) is 34.8 Å². The second-order valence-corrected chi connectivity index (χ2v) is 6.06. The number of Topliss-reactive ketones (excluding diaryl/α,β-unsaturated/α-hetero) is 3. The minimum atomic E-state index is -2.92. The molecule has 0 amide bonds. The van der Waals surface area contributed by atoms with Crippen molar-refractivity contribution in [3.8, 4) is 0 Å². The van der Waals surface area contributed by atoms with E-state index in [1.165, 1.54) is 19.0 Å². The average Bonchev–Trinajstić information content (AvgIpc) is 2.40. The van der Waals surface area contributed by atoms with Gasteiger partial charge in [0.1, 0.15) is 12.2 Å². The Morgan fingerprint density at radius 2 is 1.48 bits per heavy atom. The van der Waals surface area contributed by atoms with E-state index in [0.717, 1.165) is 20.8 Å². The topological polar surface area (TPSA) is 145 Å². The largest absolute Gasteiger partial charge is 0.382 e. The molecular formula is C14H23NO8. The van der Waals surface area contributed by atoms with Crippen LogP contribution in [0, 0.1) is 0 Å². The zero-order chi connectivity index (χ0) is 18.3. The second-order valence-electron chi connectivity index (χ2n) is 6.06. The molecule has 1 aliphatic heterocycles. The number of hydrogen-bond acceptors (Lipinski definition) is 9. The Hall–Kier alpha value is -1.23. The highest BCUT2D eigenvalue weighted by Gasteiger charge is 2.71. The summed E-state index contributed by atoms with van der Waals surface area (Å²) in [7, 11) is 2.79. The van der Waals surface area contributed by atoms with Crippen LogP contribution in [0.25, 0.3) is 0 Å². The number of aliphatic hydroxyl groups is 4. The summed E-state index contributed by atoms with van der Waals surface area (Å²) in [5.41, 5.74) is -5.71. The van der Waals surface area contributed by atoms with Crippen LogP contribution in [-0.2, 0) is 19.1 Å². The van der Waals surface area contributed by atoms with Crippen LogP contribution in [0.2, 0.25) is 0 Å². The van der Waals surface area contributed by atoms with Crippen LogP contribution in [0.3, 0.4) is 0 Å². The molecule has 1 aliphatic rings. The minimum absolute atomic E-state index is 0.865. The van der Waals surface area contributed by atoms with E-state index in [4.69, 9.17) is 4.74 Å². The number of ketones is 3. The molecule has 0 bridgehead atoms. The number of carbonyl (C=O) groups excluding carboxylic acids is 3. The molecule has 0 aromatic heterocycles. The molecule has 9 nitrogen and oxygen atoms in total. The summed E-state index contributed by atoms with van der Waals surface area (Å²) in [6.45, 7) is 2.80. The van der Waals surface area contributed by atoms with Crippen molar-refractivity contribution >= 4 is 17.3 Å². The van der Waals surface area contributed by atoms with Crippen molar-refractivity contribution in [1.82, 2.24) is 4.90 Å². The van der Waals surface area contributed by atoms with Gasteiger partial charge in [0, 0.05) is 0 Å². The number of hydrogen-bond donors (Lipinski definition) is 4. The van der Waals surface area contributed by atoms with Crippen LogP contribution in [0.15, 0.2) is 0 Å². The van der Waals surface area contributed by atoms with Crippen LogP contribution >= 0.6 is 0 Å². The van der Waals surface area contributed by atoms with Crippen molar-refractivity contribution in [1.29, 1.82) is 0 Å². The van der Waals surface area contributed by atoms with Crippen molar-refractivity contribution in [3.05, 3.63) is 0 Å². The fourth-order valence-corrected chi connectivity index (χ4v) is 3.06. The molecule has 1 fully saturated rings. The first-order valence-corrected chi connectivity index (χ1v) is 6.98. The molecule has 132 valence electrons. The van der Waals surface area contributed by atoms with E-state index in [2.05, 4.69) is 0 Å². The Kier molecular flexibility index (Phi) is 5.47. The van der Waals surface area contributed by atoms with Crippen LogP contribution in [0.5, 0.6) is 0 Å². The molecular weight excluding hydrogens is 310 g/mol. The van der Waals surface area contributed by atoms with Crippen LogP contribution < -0.4 is 0 Å². The Morgan fingerprint density at radius 3 is 1.78 bits per heavy atom. The molecule has 0 aromatic carbocycles. The lowest BCUT2D eigenvalue weighted by atomic mass is 9.65. The van der Waals surface area contributed by atoms with Gasteiger partial charge in [0.05, 0.1) is 6.04 Å². The quantitative estimate of drug-likeness (QED) is 0.420. The van der Waals surface area contributed by atoms with Crippen molar-refractivity contribution in [2.45, 2.75) is 56.5 Å². The van der Waals surface area contributed by atoms with E-state index in [1.54, 1.807) is 0 Å². The van der Waals surface area contributed by atoms with Crippen molar-refractivity contribution in [2.75, 3.05) is 14.1 Å². The summed E-state index contributed by atoms with van der Waals surface area (Å²) in [6.07, 6.45) is -5.86. The molecule has 0 aromatic rings. The normalized spacial score (nSPS) is 39.1. The van der Waals surface area contributed by atoms with Gasteiger partial charge in [0.2, 0.25) is 0 Å². The molecule has 0 saturated carbocycles. The third-order valence-corrected chi connectivity index (χ3v) is 4.31. The van der Waals surface area contributed by atoms with E-state index in [-0.39, 0.29) is 0 Å². The predicted molar refractivity (Wildman–Crippen MR) is 76.3 cm³/mol. The van der Waals surface area contributed by atoms with E-state index in [9.17, 15) is 34.8 Å². The summed E-state index contributed by atoms with van der Waals surface area (Å²) >= 11 is 0. The zero-order valence-corrected chi connectivity index (χ0v) is 13.7. The second kappa shape index (κ2) is 6.34. The first kappa shape index (κ1) is 19.8. The monoisotopic (exact) mass is 333 g/mol. The summed E-state index contributed by atoms with van der Waals surface area (Å²) in [4.78, 5) is 36.9. The first-order chi connectivity index (χ1) is 10.3. The number of likely N-dealkylation sites (N-methyl/N-ethyl adjacent to an activating group) is 1. The Labute approximate surface area is 133 Å². The molecule has 2 unspecified atom stereocenters. The summed E-state index contributed by atoms with van der Waals surface area (Å²) in [5, 5.41) is 41.9. The fourth-order valence-electron chi connectivity index (χ4n) is 3.06. The summed E-state index contributed by atoms with van der Waals surface area (Å²) in [6, 6.07) is -1.50. The molecule has 1 saturated heterocycles. The maximum absolute atomic E-state index is 12.1. The average molecular weight is 333 g/mol. The Balaban J connectivity index is 3.67. The fraction of sp³-hybridized carbons (Fsp3) is 0.786. The third kappa shape index (κ3) is 2.73. The van der Waals surface area contributed by atoms with E-state index in [1.807, 2.05) is 0 Å². The molecule has 23 heavy (non-hydrogen) atoms. The Morgan fingerprint density at radius 1 is 1.04 bits per heavy atom. The van der Waals surface area contributed by atoms with E-state index >= 15 is 0 Å². The first-order valence-electron chi connectivity index (χ1n) is 6.98. The molecule has 4 N–H and O–H groups in total. The standard InChI is InChI=1S/C14H23NO8/c1-6(16)9(19)11-14(22,8(3)18)13(21,7(2)17)10(15(4)5)12(20)23-11/h9-12,19-22H,1-5H3/t9?,10-,11+,12?,13+,14+/m0/s1. The highest BCUT2D eigenvalue weighted by Crippen LogP contribution is 2.42. The molecule has 0 aliphatic carbocycles. The molecule has 9 heteroatoms. The van der Waals surface area contributed by atoms with E-state index in [0.29, 0.717) is 0 Å². The van der Waals surface area contributed by atoms with Gasteiger partial charge in [-0.1, -0.05) is 0 Å². The van der Waals surface area contributed by atoms with Crippen LogP contribution in [-0.4, -0.2) is 92.5 Å². The highest BCUT2D eigenvalue weighted by molar-refractivity contribution is 5.99. The number of aliphatic hydroxyl groups excluding tert-OH is 2. The smallest absolute Gasteiger partial charge is 0.189 e. The number of carbonyl (C=O) groups is 3. The van der Waals surface area contributed by atoms with Gasteiger partial charge in [-0.25, -0.2) is 0 Å². The SMILES string of the molecule is CC(=O)C(O)[C@H]1OC(O)[C@H](N(C)C)[C@](O)(C(C)=O)[C@@]1(O)C(C)=O. The van der Waals surface area contributed by atoms with Gasteiger partial charge in [0.25, 0.3) is 0 Å². The summed E-state index contributed by atoms with van der Waals surface area (Å²) < 4.78 is 5.07. The predicted octanol–water partition coefficient (Wildman–Crippen LogP) is -2.78. The number of nitrogens with zero attached hydrogens (tertiary/aromatic N) is 1. The molecule has 1 rings (SSSR count). The molecule has 6 atom stereocenters. The zero-order valence-electron chi connectivity index (χ0n) is 13.7. The number of rotatable bonds is 5. The van der Waals surface area contributed by atoms with E-state index < -0.39 is 53.1 Å². The van der Waals surface area contributed by atoms with Gasteiger partial charge >= 0.3 is 0 Å². The van der Waals surface area contributed by atoms with Crippen molar-refractivity contribution in [2.24, 2.45) is 0 Å². The van der Waals surface area contributed by atoms with Gasteiger partial charge in [-0.2, -0.15) is 0 Å². The van der Waals surface area contributed by atoms with Gasteiger partial charge < -0.3 is 25.2 Å². The lowest BCUT2D eigenvalue weighted by Crippen LogP contribution is -2.82. The van der Waals surface area contributed by atoms with Crippen LogP contribution in [0.4, 0.5) is 0 Å². The maximum atomic E-state index is 12.1. The molecule has 0 spiro atoms. The lowest BCUT2D eigenvalue weighted by molar-refractivity contribution is -0.325. The van der Waals surface area contributed by atoms with Gasteiger partial charge in [-0.05, 0) is 34.9 Å². The minimum Gasteiger partial charge on any atom is -0.382 e. The van der Waals surface area contributed by atoms with Gasteiger partial charge in [-0.15, -0.1) is 0 Å². The number of ether oxygens (including phenoxy) is 1. The summed E-state index contributed by atoms with van der Waals surface area (Å²) in [5.74, 6) is -2.97. The molecule has 1 heterocycles. The lowest BCUT2D eigenvalue weighted by Gasteiger charge is -2.55. The van der Waals surface area contributed by atoms with Crippen molar-refractivity contribution < 1.29 is 39.5 Å².